The molecule has 1 aliphatic heterocycles. The van der Waals surface area contributed by atoms with E-state index in [2.05, 4.69) is 36.2 Å². The molecular weight excluding hydrogens is 260 g/mol. The quantitative estimate of drug-likeness (QED) is 0.873. The summed E-state index contributed by atoms with van der Waals surface area (Å²) in [5.74, 6) is 1.02. The highest BCUT2D eigenvalue weighted by molar-refractivity contribution is 5.76. The first-order valence-corrected chi connectivity index (χ1v) is 8.20. The van der Waals surface area contributed by atoms with E-state index in [1.54, 1.807) is 0 Å². The fraction of sp³-hybridized carbons (Fsp3) is 0.611. The first kappa shape index (κ1) is 16.0. The number of hydrogen-bond donors (Lipinski definition) is 1. The first-order chi connectivity index (χ1) is 10.1. The second-order valence-corrected chi connectivity index (χ2v) is 6.36. The fourth-order valence-electron chi connectivity index (χ4n) is 2.85. The van der Waals surface area contributed by atoms with E-state index in [4.69, 9.17) is 0 Å². The molecule has 116 valence electrons. The van der Waals surface area contributed by atoms with Crippen molar-refractivity contribution in [1.82, 2.24) is 10.2 Å². The number of carbonyl (C=O) groups excluding carboxylic acids is 1. The lowest BCUT2D eigenvalue weighted by atomic mass is 9.98. The molecule has 1 unspecified atom stereocenters. The van der Waals surface area contributed by atoms with Crippen LogP contribution >= 0.6 is 0 Å². The van der Waals surface area contributed by atoms with E-state index >= 15 is 0 Å². The molecule has 0 aromatic heterocycles. The van der Waals surface area contributed by atoms with Crippen molar-refractivity contribution in [1.29, 1.82) is 0 Å². The monoisotopic (exact) mass is 288 g/mol. The Balaban J connectivity index is 1.64. The molecule has 21 heavy (non-hydrogen) atoms. The number of carbonyl (C=O) groups is 1. The second kappa shape index (κ2) is 8.18. The summed E-state index contributed by atoms with van der Waals surface area (Å²) < 4.78 is 0. The lowest BCUT2D eigenvalue weighted by Crippen LogP contribution is -2.45. The average Bonchev–Trinajstić information content (AvgIpc) is 2.52. The van der Waals surface area contributed by atoms with Gasteiger partial charge in [0.1, 0.15) is 0 Å². The van der Waals surface area contributed by atoms with Crippen molar-refractivity contribution < 1.29 is 4.79 Å². The van der Waals surface area contributed by atoms with Gasteiger partial charge in [-0.3, -0.25) is 9.69 Å². The standard InChI is InChI=1S/C18H28N2O/c1-15-10-12-20(13-11-15)16(2)14-19-18(21)9-8-17-6-4-3-5-7-17/h3-7,15-16H,8-14H2,1-2H3,(H,19,21). The predicted octanol–water partition coefficient (Wildman–Crippen LogP) is 2.86. The Hall–Kier alpha value is -1.35. The number of hydrogen-bond acceptors (Lipinski definition) is 2. The van der Waals surface area contributed by atoms with Crippen LogP contribution in [0.25, 0.3) is 0 Å². The van der Waals surface area contributed by atoms with Gasteiger partial charge in [-0.2, -0.15) is 0 Å². The summed E-state index contributed by atoms with van der Waals surface area (Å²) in [5, 5.41) is 3.08. The normalized spacial score (nSPS) is 18.4. The molecule has 3 heteroatoms. The van der Waals surface area contributed by atoms with Crippen LogP contribution in [0.4, 0.5) is 0 Å². The van der Waals surface area contributed by atoms with Crippen LogP contribution in [0, 0.1) is 5.92 Å². The number of nitrogens with one attached hydrogen (secondary N) is 1. The largest absolute Gasteiger partial charge is 0.355 e. The highest BCUT2D eigenvalue weighted by Gasteiger charge is 2.20. The summed E-state index contributed by atoms with van der Waals surface area (Å²) in [6.07, 6.45) is 3.97. The molecule has 0 spiro atoms. The molecule has 1 amide bonds. The summed E-state index contributed by atoms with van der Waals surface area (Å²) in [5.41, 5.74) is 1.23. The average molecular weight is 288 g/mol. The minimum absolute atomic E-state index is 0.163. The summed E-state index contributed by atoms with van der Waals surface area (Å²) in [4.78, 5) is 14.4. The third-order valence-corrected chi connectivity index (χ3v) is 4.52. The van der Waals surface area contributed by atoms with Crippen molar-refractivity contribution in [3.8, 4) is 0 Å². The number of piperidine rings is 1. The Morgan fingerprint density at radius 3 is 2.62 bits per heavy atom. The Labute approximate surface area is 128 Å². The van der Waals surface area contributed by atoms with Crippen LogP contribution in [-0.4, -0.2) is 36.5 Å². The molecule has 1 aromatic rings. The van der Waals surface area contributed by atoms with Gasteiger partial charge in [0.25, 0.3) is 0 Å². The third-order valence-electron chi connectivity index (χ3n) is 4.52. The topological polar surface area (TPSA) is 32.3 Å². The maximum Gasteiger partial charge on any atom is 0.220 e. The SMILES string of the molecule is CC1CCN(C(C)CNC(=O)CCc2ccccc2)CC1. The molecular formula is C18H28N2O. The summed E-state index contributed by atoms with van der Waals surface area (Å²) >= 11 is 0. The number of benzene rings is 1. The van der Waals surface area contributed by atoms with Crippen molar-refractivity contribution in [2.24, 2.45) is 5.92 Å². The van der Waals surface area contributed by atoms with Crippen LogP contribution in [0.1, 0.15) is 38.7 Å². The van der Waals surface area contributed by atoms with E-state index in [1.807, 2.05) is 18.2 Å². The summed E-state index contributed by atoms with van der Waals surface area (Å²) in [7, 11) is 0. The minimum atomic E-state index is 0.163. The van der Waals surface area contributed by atoms with E-state index < -0.39 is 0 Å². The predicted molar refractivity (Wildman–Crippen MR) is 87.2 cm³/mol. The highest BCUT2D eigenvalue weighted by Crippen LogP contribution is 2.17. The molecule has 1 atom stereocenters. The lowest BCUT2D eigenvalue weighted by Gasteiger charge is -2.35. The smallest absolute Gasteiger partial charge is 0.220 e. The Morgan fingerprint density at radius 1 is 1.29 bits per heavy atom. The van der Waals surface area contributed by atoms with Gasteiger partial charge in [-0.05, 0) is 50.8 Å². The molecule has 1 fully saturated rings. The van der Waals surface area contributed by atoms with E-state index in [9.17, 15) is 4.79 Å². The van der Waals surface area contributed by atoms with Crippen molar-refractivity contribution in [2.75, 3.05) is 19.6 Å². The van der Waals surface area contributed by atoms with Crippen LogP contribution in [0.15, 0.2) is 30.3 Å². The first-order valence-electron chi connectivity index (χ1n) is 8.20. The van der Waals surface area contributed by atoms with Crippen molar-refractivity contribution in [3.05, 3.63) is 35.9 Å². The van der Waals surface area contributed by atoms with Gasteiger partial charge in [-0.15, -0.1) is 0 Å². The van der Waals surface area contributed by atoms with Gasteiger partial charge in [0.05, 0.1) is 0 Å². The third kappa shape index (κ3) is 5.50. The molecule has 3 nitrogen and oxygen atoms in total. The van der Waals surface area contributed by atoms with Gasteiger partial charge in [0.2, 0.25) is 5.91 Å². The number of aryl methyl sites for hydroxylation is 1. The van der Waals surface area contributed by atoms with Gasteiger partial charge in [0, 0.05) is 19.0 Å². The molecule has 1 aromatic carbocycles. The molecule has 1 saturated heterocycles. The van der Waals surface area contributed by atoms with Crippen LogP contribution in [0.5, 0.6) is 0 Å². The molecule has 1 aliphatic rings. The van der Waals surface area contributed by atoms with Crippen molar-refractivity contribution >= 4 is 5.91 Å². The molecule has 0 bridgehead atoms. The molecule has 0 saturated carbocycles. The zero-order chi connectivity index (χ0) is 15.1. The zero-order valence-electron chi connectivity index (χ0n) is 13.3. The van der Waals surface area contributed by atoms with E-state index in [-0.39, 0.29) is 5.91 Å². The minimum Gasteiger partial charge on any atom is -0.355 e. The molecule has 0 aliphatic carbocycles. The Bertz CT molecular complexity index is 424. The van der Waals surface area contributed by atoms with Crippen LogP contribution in [0.2, 0.25) is 0 Å². The van der Waals surface area contributed by atoms with Gasteiger partial charge in [-0.1, -0.05) is 37.3 Å². The molecule has 2 rings (SSSR count). The van der Waals surface area contributed by atoms with Gasteiger partial charge < -0.3 is 5.32 Å². The summed E-state index contributed by atoms with van der Waals surface area (Å²) in [6.45, 7) is 7.65. The summed E-state index contributed by atoms with van der Waals surface area (Å²) in [6, 6.07) is 10.6. The van der Waals surface area contributed by atoms with Crippen LogP contribution in [-0.2, 0) is 11.2 Å². The number of likely N-dealkylation sites (tertiary alicyclic amines) is 1. The van der Waals surface area contributed by atoms with Gasteiger partial charge >= 0.3 is 0 Å². The van der Waals surface area contributed by atoms with Gasteiger partial charge in [-0.25, -0.2) is 0 Å². The second-order valence-electron chi connectivity index (χ2n) is 6.36. The van der Waals surface area contributed by atoms with Crippen LogP contribution < -0.4 is 5.32 Å². The lowest BCUT2D eigenvalue weighted by molar-refractivity contribution is -0.121. The van der Waals surface area contributed by atoms with Crippen molar-refractivity contribution in [2.45, 2.75) is 45.6 Å². The Kier molecular flexibility index (Phi) is 6.24. The van der Waals surface area contributed by atoms with Gasteiger partial charge in [0.15, 0.2) is 0 Å². The maximum absolute atomic E-state index is 11.9. The highest BCUT2D eigenvalue weighted by atomic mass is 16.1. The maximum atomic E-state index is 11.9. The number of amides is 1. The number of rotatable bonds is 6. The Morgan fingerprint density at radius 2 is 1.95 bits per heavy atom. The molecule has 0 radical (unpaired) electrons. The molecule has 1 N–H and O–H groups in total. The molecule has 1 heterocycles. The zero-order valence-corrected chi connectivity index (χ0v) is 13.3. The van der Waals surface area contributed by atoms with Crippen molar-refractivity contribution in [3.63, 3.8) is 0 Å². The number of nitrogens with zero attached hydrogens (tertiary/aromatic N) is 1. The van der Waals surface area contributed by atoms with E-state index in [1.165, 1.54) is 31.5 Å². The fourth-order valence-corrected chi connectivity index (χ4v) is 2.85. The van der Waals surface area contributed by atoms with E-state index in [0.29, 0.717) is 12.5 Å². The van der Waals surface area contributed by atoms with Crippen LogP contribution in [0.3, 0.4) is 0 Å². The van der Waals surface area contributed by atoms with E-state index in [0.717, 1.165) is 18.9 Å².